The molecule has 1 amide bonds. The van der Waals surface area contributed by atoms with Crippen molar-refractivity contribution in [1.82, 2.24) is 4.57 Å². The zero-order chi connectivity index (χ0) is 20.8. The Morgan fingerprint density at radius 1 is 1.00 bits per heavy atom. The number of benzene rings is 3. The van der Waals surface area contributed by atoms with Crippen molar-refractivity contribution in [3.63, 3.8) is 0 Å². The van der Waals surface area contributed by atoms with Gasteiger partial charge in [0.2, 0.25) is 0 Å². The lowest BCUT2D eigenvalue weighted by molar-refractivity contribution is -0.113. The summed E-state index contributed by atoms with van der Waals surface area (Å²) in [6.07, 6.45) is 1.83. The van der Waals surface area contributed by atoms with Crippen LogP contribution in [-0.2, 0) is 11.3 Å². The van der Waals surface area contributed by atoms with Gasteiger partial charge in [0.15, 0.2) is 4.32 Å². The highest BCUT2D eigenvalue weighted by Crippen LogP contribution is 2.37. The number of thioether (sulfide) groups is 1. The van der Waals surface area contributed by atoms with Crippen LogP contribution in [0.5, 0.6) is 0 Å². The molecule has 3 aromatic carbocycles. The van der Waals surface area contributed by atoms with E-state index in [1.54, 1.807) is 18.2 Å². The molecule has 4 aromatic rings. The van der Waals surface area contributed by atoms with Gasteiger partial charge in [-0.15, -0.1) is 0 Å². The van der Waals surface area contributed by atoms with Crippen LogP contribution in [0.4, 0.5) is 10.1 Å². The molecule has 0 spiro atoms. The van der Waals surface area contributed by atoms with E-state index < -0.39 is 5.82 Å². The van der Waals surface area contributed by atoms with E-state index in [4.69, 9.17) is 12.2 Å². The van der Waals surface area contributed by atoms with Crippen LogP contribution in [-0.4, -0.2) is 14.8 Å². The van der Waals surface area contributed by atoms with Crippen molar-refractivity contribution >= 4 is 67.8 Å². The van der Waals surface area contributed by atoms with E-state index in [0.717, 1.165) is 23.0 Å². The standard InChI is InChI=1S/C24H17FN2OS2/c1-2-26-19-9-5-3-7-16(19)17-13-15(11-12-20(17)26)14-22-23(28)27(24(29)30-22)21-10-6-4-8-18(21)25/h3-14H,2H2,1H3/b22-14+. The minimum absolute atomic E-state index is 0.185. The van der Waals surface area contributed by atoms with E-state index in [1.165, 1.54) is 33.6 Å². The third-order valence-electron chi connectivity index (χ3n) is 5.30. The summed E-state index contributed by atoms with van der Waals surface area (Å²) in [4.78, 5) is 14.7. The molecule has 0 bridgehead atoms. The highest BCUT2D eigenvalue weighted by molar-refractivity contribution is 8.27. The van der Waals surface area contributed by atoms with E-state index >= 15 is 0 Å². The van der Waals surface area contributed by atoms with Gasteiger partial charge in [-0.3, -0.25) is 9.69 Å². The number of carbonyl (C=O) groups is 1. The molecule has 1 aromatic heterocycles. The Kier molecular flexibility index (Phi) is 4.68. The molecule has 0 atom stereocenters. The molecule has 148 valence electrons. The smallest absolute Gasteiger partial charge is 0.270 e. The Morgan fingerprint density at radius 2 is 1.73 bits per heavy atom. The average molecular weight is 433 g/mol. The summed E-state index contributed by atoms with van der Waals surface area (Å²) in [5.74, 6) is -0.768. The van der Waals surface area contributed by atoms with E-state index in [-0.39, 0.29) is 11.6 Å². The summed E-state index contributed by atoms with van der Waals surface area (Å²) >= 11 is 6.56. The van der Waals surface area contributed by atoms with Gasteiger partial charge in [0.25, 0.3) is 5.91 Å². The summed E-state index contributed by atoms with van der Waals surface area (Å²) in [7, 11) is 0. The highest BCUT2D eigenvalue weighted by Gasteiger charge is 2.34. The topological polar surface area (TPSA) is 25.2 Å². The number of hydrogen-bond acceptors (Lipinski definition) is 3. The molecule has 2 heterocycles. The molecule has 30 heavy (non-hydrogen) atoms. The molecule has 1 saturated heterocycles. The summed E-state index contributed by atoms with van der Waals surface area (Å²) < 4.78 is 16.8. The Bertz CT molecular complexity index is 1370. The highest BCUT2D eigenvalue weighted by atomic mass is 32.2. The summed E-state index contributed by atoms with van der Waals surface area (Å²) in [5, 5.41) is 2.33. The number of para-hydroxylation sites is 2. The van der Waals surface area contributed by atoms with Gasteiger partial charge in [-0.2, -0.15) is 0 Å². The number of aryl methyl sites for hydroxylation is 1. The van der Waals surface area contributed by atoms with Crippen molar-refractivity contribution in [3.05, 3.63) is 83.0 Å². The van der Waals surface area contributed by atoms with E-state index in [9.17, 15) is 9.18 Å². The molecular formula is C24H17FN2OS2. The minimum Gasteiger partial charge on any atom is -0.341 e. The fraction of sp³-hybridized carbons (Fsp3) is 0.0833. The molecule has 0 N–H and O–H groups in total. The number of fused-ring (bicyclic) bond motifs is 3. The predicted molar refractivity (Wildman–Crippen MR) is 127 cm³/mol. The summed E-state index contributed by atoms with van der Waals surface area (Å²) in [6, 6.07) is 20.7. The molecule has 0 unspecified atom stereocenters. The molecule has 1 aliphatic heterocycles. The van der Waals surface area contributed by atoms with Crippen molar-refractivity contribution in [2.75, 3.05) is 4.90 Å². The molecule has 5 rings (SSSR count). The summed E-state index contributed by atoms with van der Waals surface area (Å²) in [5.41, 5.74) is 3.45. The maximum absolute atomic E-state index is 14.2. The van der Waals surface area contributed by atoms with Crippen LogP contribution >= 0.6 is 24.0 Å². The average Bonchev–Trinajstić information content (AvgIpc) is 3.22. The Morgan fingerprint density at radius 3 is 2.53 bits per heavy atom. The fourth-order valence-electron chi connectivity index (χ4n) is 3.96. The lowest BCUT2D eigenvalue weighted by atomic mass is 10.1. The van der Waals surface area contributed by atoms with Crippen LogP contribution in [0.3, 0.4) is 0 Å². The Balaban J connectivity index is 1.58. The minimum atomic E-state index is -0.469. The maximum Gasteiger partial charge on any atom is 0.270 e. The van der Waals surface area contributed by atoms with E-state index in [1.807, 2.05) is 24.3 Å². The van der Waals surface area contributed by atoms with E-state index in [2.05, 4.69) is 35.8 Å². The lowest BCUT2D eigenvalue weighted by Crippen LogP contribution is -2.28. The first-order valence-corrected chi connectivity index (χ1v) is 10.8. The van der Waals surface area contributed by atoms with Gasteiger partial charge in [0.05, 0.1) is 10.6 Å². The van der Waals surface area contributed by atoms with Crippen molar-refractivity contribution in [2.45, 2.75) is 13.5 Å². The largest absolute Gasteiger partial charge is 0.341 e. The number of carbonyl (C=O) groups excluding carboxylic acids is 1. The quantitative estimate of drug-likeness (QED) is 0.278. The second-order valence-corrected chi connectivity index (χ2v) is 8.68. The number of thiocarbonyl (C=S) groups is 1. The van der Waals surface area contributed by atoms with Gasteiger partial charge in [0.1, 0.15) is 5.82 Å². The third kappa shape index (κ3) is 2.95. The van der Waals surface area contributed by atoms with Crippen LogP contribution < -0.4 is 4.90 Å². The molecule has 6 heteroatoms. The second kappa shape index (κ2) is 7.38. The Labute approximate surface area is 182 Å². The maximum atomic E-state index is 14.2. The molecular weight excluding hydrogens is 415 g/mol. The van der Waals surface area contributed by atoms with Crippen LogP contribution in [0.25, 0.3) is 27.9 Å². The van der Waals surface area contributed by atoms with Crippen LogP contribution in [0, 0.1) is 5.82 Å². The van der Waals surface area contributed by atoms with Crippen molar-refractivity contribution in [1.29, 1.82) is 0 Å². The normalized spacial score (nSPS) is 15.8. The molecule has 1 aliphatic rings. The monoisotopic (exact) mass is 432 g/mol. The number of aromatic nitrogens is 1. The first kappa shape index (κ1) is 19.0. The van der Waals surface area contributed by atoms with Crippen LogP contribution in [0.1, 0.15) is 12.5 Å². The Hall–Kier alpha value is -2.96. The van der Waals surface area contributed by atoms with Crippen molar-refractivity contribution in [3.8, 4) is 0 Å². The SMILES string of the molecule is CCn1c2ccccc2c2cc(/C=C3/SC(=S)N(c4ccccc4F)C3=O)ccc21. The number of amides is 1. The first-order chi connectivity index (χ1) is 14.6. The van der Waals surface area contributed by atoms with Crippen molar-refractivity contribution in [2.24, 2.45) is 0 Å². The molecule has 0 radical (unpaired) electrons. The number of halogens is 1. The van der Waals surface area contributed by atoms with Gasteiger partial charge in [-0.05, 0) is 48.9 Å². The van der Waals surface area contributed by atoms with Gasteiger partial charge in [-0.25, -0.2) is 4.39 Å². The van der Waals surface area contributed by atoms with Gasteiger partial charge in [-0.1, -0.05) is 60.4 Å². The predicted octanol–water partition coefficient (Wildman–Crippen LogP) is 6.36. The molecule has 0 saturated carbocycles. The number of hydrogen-bond donors (Lipinski definition) is 0. The van der Waals surface area contributed by atoms with Gasteiger partial charge >= 0.3 is 0 Å². The second-order valence-electron chi connectivity index (χ2n) is 7.01. The number of anilines is 1. The van der Waals surface area contributed by atoms with Gasteiger partial charge < -0.3 is 4.57 Å². The fourth-order valence-corrected chi connectivity index (χ4v) is 5.25. The lowest BCUT2D eigenvalue weighted by Gasteiger charge is -2.14. The molecule has 3 nitrogen and oxygen atoms in total. The van der Waals surface area contributed by atoms with Crippen LogP contribution in [0.15, 0.2) is 71.6 Å². The number of nitrogens with zero attached hydrogens (tertiary/aromatic N) is 2. The number of rotatable bonds is 3. The third-order valence-corrected chi connectivity index (χ3v) is 6.60. The van der Waals surface area contributed by atoms with E-state index in [0.29, 0.717) is 9.23 Å². The zero-order valence-electron chi connectivity index (χ0n) is 16.1. The van der Waals surface area contributed by atoms with Crippen LogP contribution in [0.2, 0.25) is 0 Å². The van der Waals surface area contributed by atoms with Gasteiger partial charge in [0, 0.05) is 28.4 Å². The summed E-state index contributed by atoms with van der Waals surface area (Å²) in [6.45, 7) is 3.01. The zero-order valence-corrected chi connectivity index (χ0v) is 17.8. The van der Waals surface area contributed by atoms with Crippen molar-refractivity contribution < 1.29 is 9.18 Å². The molecule has 0 aliphatic carbocycles. The first-order valence-electron chi connectivity index (χ1n) is 9.62. The molecule has 1 fully saturated rings.